The van der Waals surface area contributed by atoms with E-state index in [1.54, 1.807) is 7.11 Å². The molecule has 2 heterocycles. The first-order valence-electron chi connectivity index (χ1n) is 7.37. The molecule has 0 unspecified atom stereocenters. The molecule has 0 spiro atoms. The molecular weight excluding hydrogens is 364 g/mol. The van der Waals surface area contributed by atoms with Crippen molar-refractivity contribution in [1.82, 2.24) is 15.0 Å². The van der Waals surface area contributed by atoms with Gasteiger partial charge in [0.2, 0.25) is 5.95 Å². The molecular formula is C15H18BrN4O3. The van der Waals surface area contributed by atoms with E-state index in [4.69, 9.17) is 14.2 Å². The summed E-state index contributed by atoms with van der Waals surface area (Å²) in [6.07, 6.45) is 4.59. The minimum absolute atomic E-state index is 0.260. The molecule has 1 radical (unpaired) electrons. The van der Waals surface area contributed by atoms with Crippen LogP contribution in [0.5, 0.6) is 6.01 Å². The van der Waals surface area contributed by atoms with Crippen LogP contribution in [-0.4, -0.2) is 48.4 Å². The summed E-state index contributed by atoms with van der Waals surface area (Å²) in [5, 5.41) is 0. The average Bonchev–Trinajstić information content (AvgIpc) is 2.57. The number of morpholine rings is 1. The minimum atomic E-state index is 0.260. The van der Waals surface area contributed by atoms with Gasteiger partial charge in [0.15, 0.2) is 5.76 Å². The Bertz CT molecular complexity index is 642. The van der Waals surface area contributed by atoms with E-state index < -0.39 is 0 Å². The summed E-state index contributed by atoms with van der Waals surface area (Å²) in [4.78, 5) is 15.2. The third kappa shape index (κ3) is 3.81. The molecule has 0 aromatic carbocycles. The number of nitrogens with zero attached hydrogens (tertiary/aromatic N) is 4. The van der Waals surface area contributed by atoms with Gasteiger partial charge in [-0.05, 0) is 29.3 Å². The summed E-state index contributed by atoms with van der Waals surface area (Å²) in [5.41, 5.74) is 0. The van der Waals surface area contributed by atoms with Crippen molar-refractivity contribution >= 4 is 21.9 Å². The van der Waals surface area contributed by atoms with Gasteiger partial charge >= 0.3 is 6.01 Å². The van der Waals surface area contributed by atoms with Crippen molar-refractivity contribution in [3.05, 3.63) is 34.3 Å². The van der Waals surface area contributed by atoms with Crippen LogP contribution in [-0.2, 0) is 9.47 Å². The number of halogens is 1. The van der Waals surface area contributed by atoms with Gasteiger partial charge in [-0.3, -0.25) is 0 Å². The van der Waals surface area contributed by atoms with Gasteiger partial charge in [-0.15, -0.1) is 0 Å². The molecule has 1 aromatic rings. The number of ether oxygens (including phenoxy) is 3. The smallest absolute Gasteiger partial charge is 0.327 e. The van der Waals surface area contributed by atoms with E-state index in [1.807, 2.05) is 19.4 Å². The predicted octanol–water partition coefficient (Wildman–Crippen LogP) is 2.14. The number of aryl methyl sites for hydroxylation is 1. The SMILES string of the molecule is COC1=C(Oc2nc(C)nc(N3CCOCC3)n2)C(Br)=C[CH]C1. The maximum absolute atomic E-state index is 5.88. The molecule has 7 nitrogen and oxygen atoms in total. The first-order valence-corrected chi connectivity index (χ1v) is 8.16. The summed E-state index contributed by atoms with van der Waals surface area (Å²) in [6.45, 7) is 4.68. The summed E-state index contributed by atoms with van der Waals surface area (Å²) in [6, 6.07) is 0.260. The molecule has 0 saturated carbocycles. The van der Waals surface area contributed by atoms with Gasteiger partial charge in [0.1, 0.15) is 11.6 Å². The predicted molar refractivity (Wildman–Crippen MR) is 88.2 cm³/mol. The highest BCUT2D eigenvalue weighted by Gasteiger charge is 2.21. The largest absolute Gasteiger partial charge is 0.497 e. The highest BCUT2D eigenvalue weighted by Crippen LogP contribution is 2.30. The van der Waals surface area contributed by atoms with Crippen LogP contribution in [0.25, 0.3) is 0 Å². The Morgan fingerprint density at radius 3 is 2.74 bits per heavy atom. The second kappa shape index (κ2) is 7.27. The lowest BCUT2D eigenvalue weighted by atomic mass is 10.1. The van der Waals surface area contributed by atoms with E-state index in [0.29, 0.717) is 37.2 Å². The maximum atomic E-state index is 5.88. The Morgan fingerprint density at radius 2 is 2.00 bits per heavy atom. The van der Waals surface area contributed by atoms with Gasteiger partial charge < -0.3 is 19.1 Å². The van der Waals surface area contributed by atoms with E-state index in [9.17, 15) is 0 Å². The Kier molecular flexibility index (Phi) is 5.12. The number of rotatable bonds is 4. The number of methoxy groups -OCH3 is 1. The zero-order chi connectivity index (χ0) is 16.2. The minimum Gasteiger partial charge on any atom is -0.497 e. The zero-order valence-electron chi connectivity index (χ0n) is 13.1. The molecule has 1 saturated heterocycles. The molecule has 123 valence electrons. The molecule has 0 bridgehead atoms. The van der Waals surface area contributed by atoms with Gasteiger partial charge in [0.25, 0.3) is 0 Å². The van der Waals surface area contributed by atoms with Crippen LogP contribution in [0.4, 0.5) is 5.95 Å². The normalized spacial score (nSPS) is 18.7. The Labute approximate surface area is 143 Å². The summed E-state index contributed by atoms with van der Waals surface area (Å²) >= 11 is 3.48. The molecule has 0 amide bonds. The number of hydrogen-bond donors (Lipinski definition) is 0. The molecule has 1 aromatic heterocycles. The quantitative estimate of drug-likeness (QED) is 0.790. The second-order valence-electron chi connectivity index (χ2n) is 5.08. The van der Waals surface area contributed by atoms with Gasteiger partial charge in [0.05, 0.1) is 24.8 Å². The molecule has 0 atom stereocenters. The fourth-order valence-corrected chi connectivity index (χ4v) is 2.83. The highest BCUT2D eigenvalue weighted by molar-refractivity contribution is 9.12. The van der Waals surface area contributed by atoms with Crippen LogP contribution in [0.15, 0.2) is 22.1 Å². The van der Waals surface area contributed by atoms with Crippen LogP contribution in [0, 0.1) is 13.3 Å². The zero-order valence-corrected chi connectivity index (χ0v) is 14.7. The monoisotopic (exact) mass is 381 g/mol. The molecule has 0 N–H and O–H groups in total. The van der Waals surface area contributed by atoms with Crippen molar-refractivity contribution in [3.63, 3.8) is 0 Å². The molecule has 1 aliphatic carbocycles. The van der Waals surface area contributed by atoms with Gasteiger partial charge in [-0.1, -0.05) is 6.08 Å². The van der Waals surface area contributed by atoms with E-state index in [0.717, 1.165) is 23.3 Å². The number of anilines is 1. The standard InChI is InChI=1S/C15H18BrN4O3/c1-10-17-14(20-6-8-22-9-7-20)19-15(18-10)23-13-11(16)4-3-5-12(13)21-2/h3-4H,5-9H2,1-2H3. The van der Waals surface area contributed by atoms with Gasteiger partial charge in [-0.2, -0.15) is 15.0 Å². The number of hydrogen-bond acceptors (Lipinski definition) is 7. The van der Waals surface area contributed by atoms with E-state index in [-0.39, 0.29) is 6.01 Å². The maximum Gasteiger partial charge on any atom is 0.327 e. The Hall–Kier alpha value is -1.67. The fourth-order valence-electron chi connectivity index (χ4n) is 2.34. The third-order valence-electron chi connectivity index (χ3n) is 3.49. The molecule has 1 fully saturated rings. The lowest BCUT2D eigenvalue weighted by Crippen LogP contribution is -2.37. The lowest BCUT2D eigenvalue weighted by molar-refractivity contribution is 0.122. The molecule has 8 heteroatoms. The molecule has 3 rings (SSSR count). The van der Waals surface area contributed by atoms with Crippen molar-refractivity contribution in [1.29, 1.82) is 0 Å². The van der Waals surface area contributed by atoms with Crippen LogP contribution in [0.2, 0.25) is 0 Å². The summed E-state index contributed by atoms with van der Waals surface area (Å²) < 4.78 is 17.4. The van der Waals surface area contributed by atoms with Crippen LogP contribution >= 0.6 is 15.9 Å². The summed E-state index contributed by atoms with van der Waals surface area (Å²) in [5.74, 6) is 2.54. The first kappa shape index (κ1) is 16.2. The summed E-state index contributed by atoms with van der Waals surface area (Å²) in [7, 11) is 1.62. The van der Waals surface area contributed by atoms with Gasteiger partial charge in [0, 0.05) is 19.5 Å². The Morgan fingerprint density at radius 1 is 1.22 bits per heavy atom. The Balaban J connectivity index is 1.86. The van der Waals surface area contributed by atoms with Gasteiger partial charge in [-0.25, -0.2) is 0 Å². The molecule has 1 aliphatic heterocycles. The third-order valence-corrected chi connectivity index (χ3v) is 4.11. The molecule has 23 heavy (non-hydrogen) atoms. The fraction of sp³-hybridized carbons (Fsp3) is 0.467. The van der Waals surface area contributed by atoms with Crippen molar-refractivity contribution < 1.29 is 14.2 Å². The van der Waals surface area contributed by atoms with Crippen molar-refractivity contribution in [3.8, 4) is 6.01 Å². The first-order chi connectivity index (χ1) is 11.2. The second-order valence-corrected chi connectivity index (χ2v) is 5.93. The van der Waals surface area contributed by atoms with E-state index in [2.05, 4.69) is 35.8 Å². The van der Waals surface area contributed by atoms with Crippen molar-refractivity contribution in [2.24, 2.45) is 0 Å². The van der Waals surface area contributed by atoms with E-state index >= 15 is 0 Å². The van der Waals surface area contributed by atoms with Crippen LogP contribution in [0.1, 0.15) is 12.2 Å². The topological polar surface area (TPSA) is 69.6 Å². The van der Waals surface area contributed by atoms with E-state index in [1.165, 1.54) is 0 Å². The van der Waals surface area contributed by atoms with Crippen molar-refractivity contribution in [2.75, 3.05) is 38.3 Å². The van der Waals surface area contributed by atoms with Crippen LogP contribution < -0.4 is 9.64 Å². The highest BCUT2D eigenvalue weighted by atomic mass is 79.9. The average molecular weight is 382 g/mol. The lowest BCUT2D eigenvalue weighted by Gasteiger charge is -2.27. The van der Waals surface area contributed by atoms with Crippen molar-refractivity contribution in [2.45, 2.75) is 13.3 Å². The number of aromatic nitrogens is 3. The number of allylic oxidation sites excluding steroid dienone is 3. The molecule has 2 aliphatic rings. The van der Waals surface area contributed by atoms with Crippen LogP contribution in [0.3, 0.4) is 0 Å².